The molecule has 0 N–H and O–H groups in total. The SMILES string of the molecule is CC(=O)N(CCC(=O)N(Cc1ccccc1)c1ccccc1)c1cccc(F)c1. The third-order valence-electron chi connectivity index (χ3n) is 4.60. The van der Waals surface area contributed by atoms with Gasteiger partial charge in [-0.1, -0.05) is 54.6 Å². The molecular formula is C24H23FN2O2. The summed E-state index contributed by atoms with van der Waals surface area (Å²) in [5.74, 6) is -0.768. The summed E-state index contributed by atoms with van der Waals surface area (Å²) in [7, 11) is 0. The number of carbonyl (C=O) groups excluding carboxylic acids is 2. The number of amides is 2. The molecule has 0 aliphatic heterocycles. The predicted octanol–water partition coefficient (Wildman–Crippen LogP) is 4.80. The second kappa shape index (κ2) is 9.64. The molecule has 3 aromatic rings. The van der Waals surface area contributed by atoms with Gasteiger partial charge in [0.15, 0.2) is 0 Å². The highest BCUT2D eigenvalue weighted by atomic mass is 19.1. The van der Waals surface area contributed by atoms with E-state index in [-0.39, 0.29) is 24.8 Å². The van der Waals surface area contributed by atoms with Crippen LogP contribution in [-0.4, -0.2) is 18.4 Å². The highest BCUT2D eigenvalue weighted by molar-refractivity contribution is 5.96. The zero-order chi connectivity index (χ0) is 20.6. The first-order chi connectivity index (χ1) is 14.0. The summed E-state index contributed by atoms with van der Waals surface area (Å²) in [6.07, 6.45) is 0.123. The van der Waals surface area contributed by atoms with E-state index < -0.39 is 5.82 Å². The van der Waals surface area contributed by atoms with Crippen LogP contribution >= 0.6 is 0 Å². The molecule has 0 spiro atoms. The van der Waals surface area contributed by atoms with Crippen LogP contribution in [0.4, 0.5) is 15.8 Å². The van der Waals surface area contributed by atoms with Crippen molar-refractivity contribution < 1.29 is 14.0 Å². The number of anilines is 2. The number of para-hydroxylation sites is 1. The van der Waals surface area contributed by atoms with Crippen LogP contribution in [0.5, 0.6) is 0 Å². The molecule has 0 saturated carbocycles. The molecule has 0 aromatic heterocycles. The van der Waals surface area contributed by atoms with Gasteiger partial charge in [-0.2, -0.15) is 0 Å². The average molecular weight is 390 g/mol. The zero-order valence-corrected chi connectivity index (χ0v) is 16.3. The topological polar surface area (TPSA) is 40.6 Å². The molecule has 0 aliphatic rings. The number of halogens is 1. The molecule has 2 amide bonds. The first-order valence-corrected chi connectivity index (χ1v) is 9.47. The Kier molecular flexibility index (Phi) is 6.74. The van der Waals surface area contributed by atoms with E-state index in [9.17, 15) is 14.0 Å². The van der Waals surface area contributed by atoms with Crippen molar-refractivity contribution in [1.82, 2.24) is 0 Å². The lowest BCUT2D eigenvalue weighted by Crippen LogP contribution is -2.36. The zero-order valence-electron chi connectivity index (χ0n) is 16.3. The Bertz CT molecular complexity index is 961. The summed E-state index contributed by atoms with van der Waals surface area (Å²) >= 11 is 0. The summed E-state index contributed by atoms with van der Waals surface area (Å²) < 4.78 is 13.6. The molecule has 29 heavy (non-hydrogen) atoms. The van der Waals surface area contributed by atoms with Crippen LogP contribution in [0.2, 0.25) is 0 Å². The van der Waals surface area contributed by atoms with Crippen LogP contribution in [0.15, 0.2) is 84.9 Å². The van der Waals surface area contributed by atoms with Crippen LogP contribution in [0.3, 0.4) is 0 Å². The molecule has 0 heterocycles. The van der Waals surface area contributed by atoms with E-state index in [4.69, 9.17) is 0 Å². The Balaban J connectivity index is 1.77. The molecule has 3 rings (SSSR count). The van der Waals surface area contributed by atoms with Gasteiger partial charge in [0.25, 0.3) is 0 Å². The first kappa shape index (κ1) is 20.3. The average Bonchev–Trinajstić information content (AvgIpc) is 2.73. The van der Waals surface area contributed by atoms with E-state index in [2.05, 4.69) is 0 Å². The Hall–Kier alpha value is -3.47. The Morgan fingerprint density at radius 1 is 0.793 bits per heavy atom. The summed E-state index contributed by atoms with van der Waals surface area (Å²) in [5.41, 5.74) is 2.25. The molecule has 5 heteroatoms. The highest BCUT2D eigenvalue weighted by Gasteiger charge is 2.19. The largest absolute Gasteiger partial charge is 0.312 e. The van der Waals surface area contributed by atoms with Crippen molar-refractivity contribution in [3.8, 4) is 0 Å². The van der Waals surface area contributed by atoms with E-state index in [1.165, 1.54) is 24.0 Å². The van der Waals surface area contributed by atoms with Crippen molar-refractivity contribution in [2.75, 3.05) is 16.3 Å². The van der Waals surface area contributed by atoms with E-state index >= 15 is 0 Å². The second-order valence-electron chi connectivity index (χ2n) is 6.70. The molecule has 0 unspecified atom stereocenters. The third-order valence-corrected chi connectivity index (χ3v) is 4.60. The lowest BCUT2D eigenvalue weighted by atomic mass is 10.1. The minimum Gasteiger partial charge on any atom is -0.312 e. The van der Waals surface area contributed by atoms with Crippen LogP contribution in [0, 0.1) is 5.82 Å². The normalized spacial score (nSPS) is 10.4. The number of hydrogen-bond donors (Lipinski definition) is 0. The fourth-order valence-corrected chi connectivity index (χ4v) is 3.15. The highest BCUT2D eigenvalue weighted by Crippen LogP contribution is 2.20. The number of benzene rings is 3. The van der Waals surface area contributed by atoms with Gasteiger partial charge in [0.1, 0.15) is 5.82 Å². The fourth-order valence-electron chi connectivity index (χ4n) is 3.15. The van der Waals surface area contributed by atoms with Gasteiger partial charge < -0.3 is 9.80 Å². The molecule has 0 fully saturated rings. The summed E-state index contributed by atoms with van der Waals surface area (Å²) in [5, 5.41) is 0. The van der Waals surface area contributed by atoms with Gasteiger partial charge in [-0.25, -0.2) is 4.39 Å². The van der Waals surface area contributed by atoms with E-state index in [0.717, 1.165) is 11.3 Å². The van der Waals surface area contributed by atoms with Crippen LogP contribution < -0.4 is 9.80 Å². The maximum Gasteiger partial charge on any atom is 0.229 e. The summed E-state index contributed by atoms with van der Waals surface area (Å²) in [6.45, 7) is 2.02. The van der Waals surface area contributed by atoms with Crippen molar-refractivity contribution in [3.05, 3.63) is 96.3 Å². The van der Waals surface area contributed by atoms with Crippen molar-refractivity contribution in [2.45, 2.75) is 19.9 Å². The standard InChI is InChI=1S/C24H23FN2O2/c1-19(28)26(23-14-8-11-21(25)17-23)16-15-24(29)27(22-12-6-3-7-13-22)18-20-9-4-2-5-10-20/h2-14,17H,15-16,18H2,1H3. The summed E-state index contributed by atoms with van der Waals surface area (Å²) in [6, 6.07) is 25.0. The molecule has 4 nitrogen and oxygen atoms in total. The number of carbonyl (C=O) groups is 2. The number of nitrogens with zero attached hydrogens (tertiary/aromatic N) is 2. The van der Waals surface area contributed by atoms with Gasteiger partial charge >= 0.3 is 0 Å². The van der Waals surface area contributed by atoms with Crippen LogP contribution in [-0.2, 0) is 16.1 Å². The van der Waals surface area contributed by atoms with Gasteiger partial charge in [-0.3, -0.25) is 9.59 Å². The molecule has 3 aromatic carbocycles. The van der Waals surface area contributed by atoms with Crippen LogP contribution in [0.1, 0.15) is 18.9 Å². The van der Waals surface area contributed by atoms with Gasteiger partial charge in [-0.15, -0.1) is 0 Å². The van der Waals surface area contributed by atoms with E-state index in [1.54, 1.807) is 17.0 Å². The Morgan fingerprint density at radius 2 is 1.41 bits per heavy atom. The fraction of sp³-hybridized carbons (Fsp3) is 0.167. The van der Waals surface area contributed by atoms with Gasteiger partial charge in [0.05, 0.1) is 6.54 Å². The first-order valence-electron chi connectivity index (χ1n) is 9.47. The predicted molar refractivity (Wildman–Crippen MR) is 113 cm³/mol. The maximum absolute atomic E-state index is 13.6. The molecule has 0 bridgehead atoms. The van der Waals surface area contributed by atoms with Crippen molar-refractivity contribution in [3.63, 3.8) is 0 Å². The van der Waals surface area contributed by atoms with Gasteiger partial charge in [0.2, 0.25) is 11.8 Å². The second-order valence-corrected chi connectivity index (χ2v) is 6.70. The molecular weight excluding hydrogens is 367 g/mol. The van der Waals surface area contributed by atoms with E-state index in [0.29, 0.717) is 12.2 Å². The van der Waals surface area contributed by atoms with Crippen LogP contribution in [0.25, 0.3) is 0 Å². The third kappa shape index (κ3) is 5.51. The molecule has 0 radical (unpaired) electrons. The minimum absolute atomic E-state index is 0.109. The monoisotopic (exact) mass is 390 g/mol. The van der Waals surface area contributed by atoms with Crippen molar-refractivity contribution in [2.24, 2.45) is 0 Å². The lowest BCUT2D eigenvalue weighted by molar-refractivity contribution is -0.118. The number of rotatable bonds is 7. The smallest absolute Gasteiger partial charge is 0.229 e. The number of hydrogen-bond acceptors (Lipinski definition) is 2. The van der Waals surface area contributed by atoms with Gasteiger partial charge in [0, 0.05) is 31.3 Å². The van der Waals surface area contributed by atoms with Gasteiger partial charge in [-0.05, 0) is 35.9 Å². The van der Waals surface area contributed by atoms with E-state index in [1.807, 2.05) is 60.7 Å². The molecule has 148 valence electrons. The Labute approximate surface area is 170 Å². The minimum atomic E-state index is -0.421. The lowest BCUT2D eigenvalue weighted by Gasteiger charge is -2.26. The molecule has 0 saturated heterocycles. The molecule has 0 atom stereocenters. The molecule has 0 aliphatic carbocycles. The maximum atomic E-state index is 13.6. The Morgan fingerprint density at radius 3 is 2.03 bits per heavy atom. The summed E-state index contributed by atoms with van der Waals surface area (Å²) in [4.78, 5) is 28.3. The quantitative estimate of drug-likeness (QED) is 0.581. The van der Waals surface area contributed by atoms with Crippen molar-refractivity contribution in [1.29, 1.82) is 0 Å². The van der Waals surface area contributed by atoms with Crippen molar-refractivity contribution >= 4 is 23.2 Å².